The summed E-state index contributed by atoms with van der Waals surface area (Å²) in [6.07, 6.45) is 0. The Hall–Kier alpha value is -1.06. The quantitative estimate of drug-likeness (QED) is 0.823. The number of aliphatic hydroxyl groups excluding tert-OH is 1. The molecule has 0 spiro atoms. The van der Waals surface area contributed by atoms with Crippen LogP contribution in [0.15, 0.2) is 24.3 Å². The lowest BCUT2D eigenvalue weighted by molar-refractivity contribution is 0.112. The maximum Gasteiger partial charge on any atom is 0.119 e. The van der Waals surface area contributed by atoms with Gasteiger partial charge in [-0.2, -0.15) is 0 Å². The first-order chi connectivity index (χ1) is 7.96. The van der Waals surface area contributed by atoms with Crippen molar-refractivity contribution in [3.05, 3.63) is 29.8 Å². The minimum absolute atomic E-state index is 0.0619. The monoisotopic (exact) mass is 237 g/mol. The van der Waals surface area contributed by atoms with Gasteiger partial charge in [-0.05, 0) is 24.7 Å². The Morgan fingerprint density at radius 3 is 2.65 bits per heavy atom. The predicted octanol–water partition coefficient (Wildman–Crippen LogP) is 2.15. The molecule has 0 aliphatic heterocycles. The van der Waals surface area contributed by atoms with Gasteiger partial charge in [0.2, 0.25) is 0 Å². The molecule has 0 saturated carbocycles. The number of methoxy groups -OCH3 is 1. The molecule has 3 nitrogen and oxygen atoms in total. The van der Waals surface area contributed by atoms with Crippen molar-refractivity contribution < 1.29 is 9.84 Å². The van der Waals surface area contributed by atoms with Gasteiger partial charge in [0.1, 0.15) is 5.75 Å². The Balaban J connectivity index is 2.58. The molecule has 17 heavy (non-hydrogen) atoms. The fraction of sp³-hybridized carbons (Fsp3) is 0.571. The number of benzene rings is 1. The average molecular weight is 237 g/mol. The van der Waals surface area contributed by atoms with Crippen molar-refractivity contribution in [1.29, 1.82) is 0 Å². The SMILES string of the molecule is COc1cccc(CN(C)CC(C)(C)CO)c1. The Kier molecular flexibility index (Phi) is 4.97. The van der Waals surface area contributed by atoms with E-state index in [9.17, 15) is 5.11 Å². The molecule has 0 aliphatic rings. The lowest BCUT2D eigenvalue weighted by atomic mass is 9.94. The van der Waals surface area contributed by atoms with Gasteiger partial charge in [-0.3, -0.25) is 0 Å². The van der Waals surface area contributed by atoms with Crippen molar-refractivity contribution in [2.75, 3.05) is 27.3 Å². The summed E-state index contributed by atoms with van der Waals surface area (Å²) in [7, 11) is 3.74. The molecule has 0 aromatic heterocycles. The van der Waals surface area contributed by atoms with Crippen molar-refractivity contribution in [2.24, 2.45) is 5.41 Å². The molecule has 0 atom stereocenters. The second-order valence-corrected chi connectivity index (χ2v) is 5.35. The van der Waals surface area contributed by atoms with Crippen molar-refractivity contribution in [2.45, 2.75) is 20.4 Å². The second-order valence-electron chi connectivity index (χ2n) is 5.35. The van der Waals surface area contributed by atoms with Gasteiger partial charge in [0.05, 0.1) is 7.11 Å². The van der Waals surface area contributed by atoms with Gasteiger partial charge < -0.3 is 14.7 Å². The normalized spacial score (nSPS) is 11.9. The number of rotatable bonds is 6. The molecule has 3 heteroatoms. The molecular weight excluding hydrogens is 214 g/mol. The first-order valence-electron chi connectivity index (χ1n) is 5.89. The summed E-state index contributed by atoms with van der Waals surface area (Å²) in [5, 5.41) is 9.24. The number of hydrogen-bond acceptors (Lipinski definition) is 3. The van der Waals surface area contributed by atoms with Crippen LogP contribution < -0.4 is 4.74 Å². The van der Waals surface area contributed by atoms with Gasteiger partial charge in [0.25, 0.3) is 0 Å². The van der Waals surface area contributed by atoms with E-state index in [1.807, 2.05) is 18.2 Å². The molecule has 0 fully saturated rings. The fourth-order valence-electron chi connectivity index (χ4n) is 1.92. The van der Waals surface area contributed by atoms with E-state index in [0.29, 0.717) is 0 Å². The van der Waals surface area contributed by atoms with Gasteiger partial charge in [-0.15, -0.1) is 0 Å². The highest BCUT2D eigenvalue weighted by Gasteiger charge is 2.18. The van der Waals surface area contributed by atoms with E-state index in [1.165, 1.54) is 5.56 Å². The molecule has 0 saturated heterocycles. The summed E-state index contributed by atoms with van der Waals surface area (Å²) in [5.41, 5.74) is 1.16. The summed E-state index contributed by atoms with van der Waals surface area (Å²) in [5.74, 6) is 0.886. The first kappa shape index (κ1) is 14.0. The Morgan fingerprint density at radius 2 is 2.06 bits per heavy atom. The number of nitrogens with zero attached hydrogens (tertiary/aromatic N) is 1. The van der Waals surface area contributed by atoms with Crippen LogP contribution in [0.2, 0.25) is 0 Å². The predicted molar refractivity (Wildman–Crippen MR) is 70.2 cm³/mol. The lowest BCUT2D eigenvalue weighted by Crippen LogP contribution is -2.33. The van der Waals surface area contributed by atoms with Crippen LogP contribution in [0.4, 0.5) is 0 Å². The molecule has 1 aromatic rings. The molecule has 1 rings (SSSR count). The number of aliphatic hydroxyl groups is 1. The van der Waals surface area contributed by atoms with E-state index in [2.05, 4.69) is 31.9 Å². The highest BCUT2D eigenvalue weighted by molar-refractivity contribution is 5.28. The highest BCUT2D eigenvalue weighted by atomic mass is 16.5. The minimum atomic E-state index is -0.0619. The first-order valence-corrected chi connectivity index (χ1v) is 5.89. The summed E-state index contributed by atoms with van der Waals surface area (Å²) in [4.78, 5) is 2.21. The topological polar surface area (TPSA) is 32.7 Å². The molecule has 0 unspecified atom stereocenters. The van der Waals surface area contributed by atoms with Gasteiger partial charge >= 0.3 is 0 Å². The molecule has 1 N–H and O–H groups in total. The molecular formula is C14H23NO2. The lowest BCUT2D eigenvalue weighted by Gasteiger charge is -2.28. The van der Waals surface area contributed by atoms with Gasteiger partial charge in [-0.25, -0.2) is 0 Å². The van der Waals surface area contributed by atoms with Crippen molar-refractivity contribution >= 4 is 0 Å². The number of hydrogen-bond donors (Lipinski definition) is 1. The molecule has 96 valence electrons. The zero-order valence-electron chi connectivity index (χ0n) is 11.2. The summed E-state index contributed by atoms with van der Waals surface area (Å²) in [6, 6.07) is 8.08. The Labute approximate surface area is 104 Å². The number of ether oxygens (including phenoxy) is 1. The summed E-state index contributed by atoms with van der Waals surface area (Å²) >= 11 is 0. The van der Waals surface area contributed by atoms with Crippen molar-refractivity contribution in [1.82, 2.24) is 4.90 Å². The van der Waals surface area contributed by atoms with E-state index >= 15 is 0 Å². The van der Waals surface area contributed by atoms with Crippen LogP contribution in [0.3, 0.4) is 0 Å². The Bertz CT molecular complexity index is 350. The van der Waals surface area contributed by atoms with Crippen LogP contribution in [0.5, 0.6) is 5.75 Å². The van der Waals surface area contributed by atoms with E-state index in [0.717, 1.165) is 18.8 Å². The smallest absolute Gasteiger partial charge is 0.119 e. The highest BCUT2D eigenvalue weighted by Crippen LogP contribution is 2.18. The van der Waals surface area contributed by atoms with Gasteiger partial charge in [-0.1, -0.05) is 26.0 Å². The maximum atomic E-state index is 9.24. The summed E-state index contributed by atoms with van der Waals surface area (Å²) in [6.45, 7) is 6.06. The van der Waals surface area contributed by atoms with E-state index < -0.39 is 0 Å². The third kappa shape index (κ3) is 4.75. The second kappa shape index (κ2) is 6.03. The summed E-state index contributed by atoms with van der Waals surface area (Å²) < 4.78 is 5.20. The van der Waals surface area contributed by atoms with Crippen molar-refractivity contribution in [3.8, 4) is 5.75 Å². The van der Waals surface area contributed by atoms with E-state index in [-0.39, 0.29) is 12.0 Å². The zero-order chi connectivity index (χ0) is 12.9. The largest absolute Gasteiger partial charge is 0.497 e. The van der Waals surface area contributed by atoms with Crippen LogP contribution in [0, 0.1) is 5.41 Å². The standard InChI is InChI=1S/C14H23NO2/c1-14(2,11-16)10-15(3)9-12-6-5-7-13(8-12)17-4/h5-8,16H,9-11H2,1-4H3. The molecule has 0 radical (unpaired) electrons. The van der Waals surface area contributed by atoms with Gasteiger partial charge in [0.15, 0.2) is 0 Å². The molecule has 0 amide bonds. The van der Waals surface area contributed by atoms with Crippen LogP contribution in [0.25, 0.3) is 0 Å². The Morgan fingerprint density at radius 1 is 1.35 bits per heavy atom. The molecule has 0 heterocycles. The van der Waals surface area contributed by atoms with Gasteiger partial charge in [0, 0.05) is 25.1 Å². The molecule has 0 bridgehead atoms. The molecule has 1 aromatic carbocycles. The van der Waals surface area contributed by atoms with Crippen molar-refractivity contribution in [3.63, 3.8) is 0 Å². The van der Waals surface area contributed by atoms with Crippen LogP contribution >= 0.6 is 0 Å². The fourth-order valence-corrected chi connectivity index (χ4v) is 1.92. The van der Waals surface area contributed by atoms with Crippen LogP contribution in [-0.4, -0.2) is 37.3 Å². The zero-order valence-corrected chi connectivity index (χ0v) is 11.2. The average Bonchev–Trinajstić information content (AvgIpc) is 2.28. The maximum absolute atomic E-state index is 9.24. The van der Waals surface area contributed by atoms with E-state index in [1.54, 1.807) is 7.11 Å². The van der Waals surface area contributed by atoms with E-state index in [4.69, 9.17) is 4.74 Å². The third-order valence-corrected chi connectivity index (χ3v) is 2.71. The third-order valence-electron chi connectivity index (χ3n) is 2.71. The van der Waals surface area contributed by atoms with Crippen LogP contribution in [-0.2, 0) is 6.54 Å². The minimum Gasteiger partial charge on any atom is -0.497 e. The van der Waals surface area contributed by atoms with Crippen LogP contribution in [0.1, 0.15) is 19.4 Å². The molecule has 0 aliphatic carbocycles.